The van der Waals surface area contributed by atoms with Crippen LogP contribution in [0.25, 0.3) is 0 Å². The molecule has 2 aliphatic rings. The van der Waals surface area contributed by atoms with Crippen LogP contribution in [0.15, 0.2) is 56.7 Å². The van der Waals surface area contributed by atoms with Crippen molar-refractivity contribution in [2.45, 2.75) is 32.5 Å². The van der Waals surface area contributed by atoms with Crippen molar-refractivity contribution in [2.24, 2.45) is 5.92 Å². The van der Waals surface area contributed by atoms with Crippen molar-refractivity contribution in [3.05, 3.63) is 86.1 Å². The van der Waals surface area contributed by atoms with E-state index in [4.69, 9.17) is 4.42 Å². The molecule has 5 rings (SSSR count). The molecule has 7 nitrogen and oxygen atoms in total. The van der Waals surface area contributed by atoms with Crippen LogP contribution in [0, 0.1) is 12.8 Å². The molecule has 1 aromatic carbocycles. The van der Waals surface area contributed by atoms with Gasteiger partial charge in [0.2, 0.25) is 0 Å². The first kappa shape index (κ1) is 17.2. The van der Waals surface area contributed by atoms with Gasteiger partial charge in [0.25, 0.3) is 0 Å². The predicted octanol–water partition coefficient (Wildman–Crippen LogP) is 1.58. The molecule has 0 saturated carbocycles. The van der Waals surface area contributed by atoms with E-state index >= 15 is 0 Å². The second-order valence-electron chi connectivity index (χ2n) is 7.86. The van der Waals surface area contributed by atoms with E-state index in [1.54, 1.807) is 10.8 Å². The van der Waals surface area contributed by atoms with Gasteiger partial charge in [-0.15, -0.1) is 0 Å². The molecule has 28 heavy (non-hydrogen) atoms. The number of furan rings is 1. The van der Waals surface area contributed by atoms with E-state index in [0.29, 0.717) is 19.0 Å². The lowest BCUT2D eigenvalue weighted by molar-refractivity contribution is 0.277. The largest absolute Gasteiger partial charge is 0.468 e. The van der Waals surface area contributed by atoms with Crippen molar-refractivity contribution in [3.63, 3.8) is 0 Å². The number of hydrogen-bond donors (Lipinski definition) is 0. The lowest BCUT2D eigenvalue weighted by Gasteiger charge is -2.16. The fourth-order valence-corrected chi connectivity index (χ4v) is 4.40. The van der Waals surface area contributed by atoms with E-state index in [2.05, 4.69) is 10.00 Å². The number of likely N-dealkylation sites (tertiary alicyclic amines) is 1. The number of nitrogens with zero attached hydrogens (tertiary/aromatic N) is 4. The summed E-state index contributed by atoms with van der Waals surface area (Å²) < 4.78 is 8.38. The third-order valence-corrected chi connectivity index (χ3v) is 5.84. The molecule has 2 aromatic heterocycles. The van der Waals surface area contributed by atoms with Gasteiger partial charge in [-0.1, -0.05) is 29.8 Å². The highest BCUT2D eigenvalue weighted by molar-refractivity contribution is 5.21. The highest BCUT2D eigenvalue weighted by atomic mass is 16.3. The molecule has 4 heterocycles. The Morgan fingerprint density at radius 3 is 2.61 bits per heavy atom. The minimum absolute atomic E-state index is 0.174. The molecule has 0 amide bonds. The number of fused-ring (bicyclic) bond motifs is 3. The van der Waals surface area contributed by atoms with Gasteiger partial charge in [0, 0.05) is 31.5 Å². The summed E-state index contributed by atoms with van der Waals surface area (Å²) >= 11 is 0. The Bertz CT molecular complexity index is 1110. The van der Waals surface area contributed by atoms with Gasteiger partial charge in [-0.25, -0.2) is 4.68 Å². The first-order valence-corrected chi connectivity index (χ1v) is 9.60. The third-order valence-electron chi connectivity index (χ3n) is 5.84. The van der Waals surface area contributed by atoms with Crippen molar-refractivity contribution >= 4 is 0 Å². The second-order valence-corrected chi connectivity index (χ2v) is 7.86. The van der Waals surface area contributed by atoms with Gasteiger partial charge in [-0.2, -0.15) is 5.10 Å². The Kier molecular flexibility index (Phi) is 4.05. The van der Waals surface area contributed by atoms with Gasteiger partial charge in [-0.05, 0) is 24.6 Å². The highest BCUT2D eigenvalue weighted by Crippen LogP contribution is 2.37. The lowest BCUT2D eigenvalue weighted by Crippen LogP contribution is -2.44. The molecular formula is C21H22N4O3. The number of benzene rings is 1. The molecule has 3 aromatic rings. The van der Waals surface area contributed by atoms with Crippen LogP contribution >= 0.6 is 0 Å². The normalized spacial score (nSPS) is 21.0. The van der Waals surface area contributed by atoms with E-state index in [9.17, 15) is 9.59 Å². The fraction of sp³-hybridized carbons (Fsp3) is 0.381. The van der Waals surface area contributed by atoms with E-state index < -0.39 is 11.1 Å². The summed E-state index contributed by atoms with van der Waals surface area (Å²) in [4.78, 5) is 27.5. The average Bonchev–Trinajstić information content (AvgIpc) is 3.39. The zero-order chi connectivity index (χ0) is 19.3. The van der Waals surface area contributed by atoms with Crippen LogP contribution < -0.4 is 11.1 Å². The lowest BCUT2D eigenvalue weighted by atomic mass is 10.00. The number of aromatic nitrogens is 3. The molecule has 0 bridgehead atoms. The number of rotatable bonds is 4. The Hall–Kier alpha value is -2.93. The molecule has 7 heteroatoms. The van der Waals surface area contributed by atoms with Gasteiger partial charge in [0.15, 0.2) is 0 Å². The summed E-state index contributed by atoms with van der Waals surface area (Å²) in [5.41, 5.74) is 1.12. The Balaban J connectivity index is 1.43. The molecule has 0 spiro atoms. The predicted molar refractivity (Wildman–Crippen MR) is 103 cm³/mol. The molecule has 1 fully saturated rings. The quantitative estimate of drug-likeness (QED) is 0.645. The van der Waals surface area contributed by atoms with E-state index in [1.807, 2.05) is 43.3 Å². The Morgan fingerprint density at radius 2 is 1.86 bits per heavy atom. The smallest absolute Gasteiger partial charge is 0.332 e. The van der Waals surface area contributed by atoms with Crippen LogP contribution in [0.1, 0.15) is 28.6 Å². The molecule has 0 N–H and O–H groups in total. The minimum Gasteiger partial charge on any atom is -0.468 e. The minimum atomic E-state index is -0.545. The van der Waals surface area contributed by atoms with Crippen molar-refractivity contribution < 1.29 is 4.42 Å². The molecule has 0 aliphatic carbocycles. The molecule has 0 radical (unpaired) electrons. The maximum atomic E-state index is 12.7. The van der Waals surface area contributed by atoms with Crippen LogP contribution in [-0.2, 0) is 19.6 Å². The zero-order valence-electron chi connectivity index (χ0n) is 15.7. The van der Waals surface area contributed by atoms with Crippen LogP contribution in [0.2, 0.25) is 0 Å². The topological polar surface area (TPSA) is 73.3 Å². The summed E-state index contributed by atoms with van der Waals surface area (Å²) in [6.45, 7) is 5.36. The van der Waals surface area contributed by atoms with Gasteiger partial charge < -0.3 is 4.42 Å². The van der Waals surface area contributed by atoms with Crippen LogP contribution in [-0.4, -0.2) is 32.3 Å². The summed E-state index contributed by atoms with van der Waals surface area (Å²) in [5, 5.41) is 4.62. The van der Waals surface area contributed by atoms with E-state index in [0.717, 1.165) is 42.3 Å². The summed E-state index contributed by atoms with van der Waals surface area (Å²) in [7, 11) is 0. The third kappa shape index (κ3) is 2.92. The standard InChI is InChI=1S/C21H22N4O3/c1-14-4-6-15(7-5-14)9-25-21(27)20(26)24-11-16-10-23(12-17-3-2-8-28-17)13-18(16)19(24)22-25/h2-8,16,18H,9-13H2,1H3/t16-,18-/m1/s1. The molecule has 1 saturated heterocycles. The number of hydrogen-bond acceptors (Lipinski definition) is 5. The SMILES string of the molecule is Cc1ccc(Cn2nc3n(c(=O)c2=O)C[C@H]2CN(Cc4ccco4)C[C@@H]32)cc1. The Morgan fingerprint density at radius 1 is 1.04 bits per heavy atom. The zero-order valence-corrected chi connectivity index (χ0v) is 15.7. The van der Waals surface area contributed by atoms with Crippen molar-refractivity contribution in [3.8, 4) is 0 Å². The van der Waals surface area contributed by atoms with Crippen LogP contribution in [0.3, 0.4) is 0 Å². The van der Waals surface area contributed by atoms with E-state index in [-0.39, 0.29) is 5.92 Å². The van der Waals surface area contributed by atoms with Gasteiger partial charge >= 0.3 is 11.1 Å². The average molecular weight is 378 g/mol. The van der Waals surface area contributed by atoms with Crippen molar-refractivity contribution in [1.29, 1.82) is 0 Å². The van der Waals surface area contributed by atoms with Crippen LogP contribution in [0.5, 0.6) is 0 Å². The summed E-state index contributed by atoms with van der Waals surface area (Å²) in [6.07, 6.45) is 1.69. The van der Waals surface area contributed by atoms with Crippen molar-refractivity contribution in [2.75, 3.05) is 13.1 Å². The first-order valence-electron chi connectivity index (χ1n) is 9.60. The summed E-state index contributed by atoms with van der Waals surface area (Å²) in [6, 6.07) is 11.8. The monoisotopic (exact) mass is 378 g/mol. The van der Waals surface area contributed by atoms with Crippen LogP contribution in [0.4, 0.5) is 0 Å². The number of aryl methyl sites for hydroxylation is 1. The van der Waals surface area contributed by atoms with Gasteiger partial charge in [-0.3, -0.25) is 19.1 Å². The Labute approximate surface area is 161 Å². The maximum Gasteiger partial charge on any atom is 0.332 e. The highest BCUT2D eigenvalue weighted by Gasteiger charge is 2.42. The molecular weight excluding hydrogens is 356 g/mol. The molecule has 144 valence electrons. The fourth-order valence-electron chi connectivity index (χ4n) is 4.40. The van der Waals surface area contributed by atoms with Crippen molar-refractivity contribution in [1.82, 2.24) is 19.2 Å². The molecule has 0 unspecified atom stereocenters. The molecule has 2 aliphatic heterocycles. The maximum absolute atomic E-state index is 12.7. The van der Waals surface area contributed by atoms with Gasteiger partial charge in [0.1, 0.15) is 11.6 Å². The summed E-state index contributed by atoms with van der Waals surface area (Å²) in [5.74, 6) is 2.16. The molecule has 2 atom stereocenters. The first-order chi connectivity index (χ1) is 13.6. The van der Waals surface area contributed by atoms with Gasteiger partial charge in [0.05, 0.1) is 19.4 Å². The second kappa shape index (κ2) is 6.60. The van der Waals surface area contributed by atoms with E-state index in [1.165, 1.54) is 4.68 Å².